The summed E-state index contributed by atoms with van der Waals surface area (Å²) in [6.07, 6.45) is 0.265. The molecule has 2 unspecified atom stereocenters. The normalized spacial score (nSPS) is 25.3. The number of guanidine groups is 1. The Bertz CT molecular complexity index is 607. The number of morpholine rings is 2. The van der Waals surface area contributed by atoms with Crippen LogP contribution in [0.3, 0.4) is 0 Å². The number of aliphatic imine (C=N–C) groups is 1. The molecule has 1 aromatic carbocycles. The molecule has 2 fully saturated rings. The number of hydrogen-bond donors (Lipinski definition) is 1. The predicted octanol–water partition coefficient (Wildman–Crippen LogP) is 1.66. The van der Waals surface area contributed by atoms with E-state index in [-0.39, 0.29) is 12.2 Å². The summed E-state index contributed by atoms with van der Waals surface area (Å²) < 4.78 is 11.9. The molecule has 2 aliphatic heterocycles. The van der Waals surface area contributed by atoms with Crippen molar-refractivity contribution in [2.45, 2.75) is 26.1 Å². The molecular formula is C20H32N4O2. The molecule has 0 spiro atoms. The lowest BCUT2D eigenvalue weighted by molar-refractivity contribution is -0.0153. The lowest BCUT2D eigenvalue weighted by atomic mass is 10.0. The van der Waals surface area contributed by atoms with Crippen LogP contribution in [-0.4, -0.2) is 81.4 Å². The van der Waals surface area contributed by atoms with Gasteiger partial charge in [-0.05, 0) is 32.0 Å². The van der Waals surface area contributed by atoms with Gasteiger partial charge in [0.25, 0.3) is 0 Å². The Morgan fingerprint density at radius 1 is 1.19 bits per heavy atom. The Morgan fingerprint density at radius 3 is 2.77 bits per heavy atom. The molecule has 144 valence electrons. The average molecular weight is 361 g/mol. The van der Waals surface area contributed by atoms with E-state index in [0.717, 1.165) is 45.3 Å². The summed E-state index contributed by atoms with van der Waals surface area (Å²) in [4.78, 5) is 9.49. The van der Waals surface area contributed by atoms with Gasteiger partial charge in [0.1, 0.15) is 6.10 Å². The zero-order valence-electron chi connectivity index (χ0n) is 16.3. The van der Waals surface area contributed by atoms with Gasteiger partial charge in [-0.15, -0.1) is 0 Å². The van der Waals surface area contributed by atoms with Gasteiger partial charge in [0.05, 0.1) is 32.4 Å². The van der Waals surface area contributed by atoms with Crippen LogP contribution in [0.15, 0.2) is 29.3 Å². The Morgan fingerprint density at radius 2 is 2.00 bits per heavy atom. The standard InChI is InChI=1S/C20H32N4O2/c1-4-21-20(22-13-17-14-23(3)9-11-25-17)24-10-12-26-19(15-24)18-8-6-5-7-16(18)2/h5-8,17,19H,4,9-15H2,1-3H3,(H,21,22). The van der Waals surface area contributed by atoms with E-state index in [1.165, 1.54) is 11.1 Å². The van der Waals surface area contributed by atoms with Crippen LogP contribution in [0.4, 0.5) is 0 Å². The summed E-state index contributed by atoms with van der Waals surface area (Å²) in [6.45, 7) is 10.9. The molecular weight excluding hydrogens is 328 g/mol. The number of hydrogen-bond acceptors (Lipinski definition) is 4. The Kier molecular flexibility index (Phi) is 6.88. The van der Waals surface area contributed by atoms with E-state index in [1.54, 1.807) is 0 Å². The number of benzene rings is 1. The molecule has 0 amide bonds. The zero-order valence-corrected chi connectivity index (χ0v) is 16.3. The summed E-state index contributed by atoms with van der Waals surface area (Å²) in [5.41, 5.74) is 2.55. The average Bonchev–Trinajstić information content (AvgIpc) is 2.66. The minimum atomic E-state index is 0.0888. The summed E-state index contributed by atoms with van der Waals surface area (Å²) >= 11 is 0. The summed E-state index contributed by atoms with van der Waals surface area (Å²) in [7, 11) is 2.14. The fourth-order valence-electron chi connectivity index (χ4n) is 3.57. The molecule has 6 nitrogen and oxygen atoms in total. The minimum Gasteiger partial charge on any atom is -0.374 e. The van der Waals surface area contributed by atoms with Gasteiger partial charge in [0, 0.05) is 26.2 Å². The smallest absolute Gasteiger partial charge is 0.194 e. The molecule has 2 heterocycles. The van der Waals surface area contributed by atoms with Crippen LogP contribution in [0, 0.1) is 6.92 Å². The van der Waals surface area contributed by atoms with Crippen LogP contribution in [-0.2, 0) is 9.47 Å². The van der Waals surface area contributed by atoms with E-state index in [4.69, 9.17) is 14.5 Å². The molecule has 0 saturated carbocycles. The van der Waals surface area contributed by atoms with Crippen LogP contribution in [0.5, 0.6) is 0 Å². The molecule has 3 rings (SSSR count). The first-order valence-electron chi connectivity index (χ1n) is 9.68. The summed E-state index contributed by atoms with van der Waals surface area (Å²) in [5.74, 6) is 0.964. The third-order valence-electron chi connectivity index (χ3n) is 5.02. The number of nitrogens with one attached hydrogen (secondary N) is 1. The van der Waals surface area contributed by atoms with Gasteiger partial charge < -0.3 is 24.6 Å². The quantitative estimate of drug-likeness (QED) is 0.654. The zero-order chi connectivity index (χ0) is 18.4. The molecule has 0 bridgehead atoms. The van der Waals surface area contributed by atoms with Gasteiger partial charge in [-0.25, -0.2) is 0 Å². The third-order valence-corrected chi connectivity index (χ3v) is 5.02. The van der Waals surface area contributed by atoms with Gasteiger partial charge >= 0.3 is 0 Å². The van der Waals surface area contributed by atoms with Crippen molar-refractivity contribution in [1.29, 1.82) is 0 Å². The van der Waals surface area contributed by atoms with Crippen molar-refractivity contribution < 1.29 is 9.47 Å². The molecule has 1 aromatic rings. The molecule has 2 atom stereocenters. The van der Waals surface area contributed by atoms with Gasteiger partial charge in [0.15, 0.2) is 5.96 Å². The molecule has 0 aromatic heterocycles. The number of ether oxygens (including phenoxy) is 2. The van der Waals surface area contributed by atoms with Crippen LogP contribution in [0.2, 0.25) is 0 Å². The maximum absolute atomic E-state index is 6.06. The first kappa shape index (κ1) is 19.1. The highest BCUT2D eigenvalue weighted by molar-refractivity contribution is 5.80. The second-order valence-corrected chi connectivity index (χ2v) is 7.11. The highest BCUT2D eigenvalue weighted by Gasteiger charge is 2.25. The van der Waals surface area contributed by atoms with Gasteiger partial charge in [-0.3, -0.25) is 4.99 Å². The minimum absolute atomic E-state index is 0.0888. The van der Waals surface area contributed by atoms with E-state index in [9.17, 15) is 0 Å². The van der Waals surface area contributed by atoms with Crippen LogP contribution < -0.4 is 5.32 Å². The van der Waals surface area contributed by atoms with Crippen molar-refractivity contribution in [2.75, 3.05) is 59.5 Å². The first-order valence-corrected chi connectivity index (χ1v) is 9.68. The van der Waals surface area contributed by atoms with E-state index in [2.05, 4.69) is 60.3 Å². The maximum atomic E-state index is 6.06. The highest BCUT2D eigenvalue weighted by atomic mass is 16.5. The van der Waals surface area contributed by atoms with Crippen molar-refractivity contribution >= 4 is 5.96 Å². The van der Waals surface area contributed by atoms with Crippen molar-refractivity contribution in [1.82, 2.24) is 15.1 Å². The van der Waals surface area contributed by atoms with Gasteiger partial charge in [0.2, 0.25) is 0 Å². The van der Waals surface area contributed by atoms with Gasteiger partial charge in [-0.2, -0.15) is 0 Å². The third kappa shape index (κ3) is 4.96. The molecule has 0 radical (unpaired) electrons. The lowest BCUT2D eigenvalue weighted by Crippen LogP contribution is -2.49. The molecule has 1 N–H and O–H groups in total. The van der Waals surface area contributed by atoms with Crippen molar-refractivity contribution in [3.05, 3.63) is 35.4 Å². The summed E-state index contributed by atoms with van der Waals surface area (Å²) in [6, 6.07) is 8.47. The molecule has 26 heavy (non-hydrogen) atoms. The van der Waals surface area contributed by atoms with E-state index < -0.39 is 0 Å². The Labute approximate surface area is 157 Å². The van der Waals surface area contributed by atoms with Crippen molar-refractivity contribution in [2.24, 2.45) is 4.99 Å². The molecule has 0 aliphatic carbocycles. The largest absolute Gasteiger partial charge is 0.374 e. The SMILES string of the molecule is CCNC(=NCC1CN(C)CCO1)N1CCOC(c2ccccc2C)C1. The number of rotatable bonds is 4. The second-order valence-electron chi connectivity index (χ2n) is 7.11. The molecule has 6 heteroatoms. The molecule has 2 saturated heterocycles. The topological polar surface area (TPSA) is 49.3 Å². The first-order chi connectivity index (χ1) is 12.7. The van der Waals surface area contributed by atoms with Gasteiger partial charge in [-0.1, -0.05) is 24.3 Å². The summed E-state index contributed by atoms with van der Waals surface area (Å²) in [5, 5.41) is 3.44. The lowest BCUT2D eigenvalue weighted by Gasteiger charge is -2.36. The van der Waals surface area contributed by atoms with E-state index in [1.807, 2.05) is 0 Å². The van der Waals surface area contributed by atoms with Crippen LogP contribution >= 0.6 is 0 Å². The Balaban J connectivity index is 1.66. The number of aryl methyl sites for hydroxylation is 1. The monoisotopic (exact) mass is 360 g/mol. The van der Waals surface area contributed by atoms with E-state index in [0.29, 0.717) is 13.2 Å². The van der Waals surface area contributed by atoms with E-state index >= 15 is 0 Å². The van der Waals surface area contributed by atoms with Crippen LogP contribution in [0.1, 0.15) is 24.2 Å². The van der Waals surface area contributed by atoms with Crippen molar-refractivity contribution in [3.63, 3.8) is 0 Å². The second kappa shape index (κ2) is 9.35. The molecule has 2 aliphatic rings. The number of nitrogens with zero attached hydrogens (tertiary/aromatic N) is 3. The van der Waals surface area contributed by atoms with Crippen LogP contribution in [0.25, 0.3) is 0 Å². The maximum Gasteiger partial charge on any atom is 0.194 e. The fourth-order valence-corrected chi connectivity index (χ4v) is 3.57. The Hall–Kier alpha value is -1.63. The predicted molar refractivity (Wildman–Crippen MR) is 105 cm³/mol. The van der Waals surface area contributed by atoms with Crippen molar-refractivity contribution in [3.8, 4) is 0 Å². The highest BCUT2D eigenvalue weighted by Crippen LogP contribution is 2.25. The number of likely N-dealkylation sites (N-methyl/N-ethyl adjacent to an activating group) is 1. The fraction of sp³-hybridized carbons (Fsp3) is 0.650.